The van der Waals surface area contributed by atoms with Gasteiger partial charge in [-0.15, -0.1) is 0 Å². The molecule has 0 saturated carbocycles. The van der Waals surface area contributed by atoms with Gasteiger partial charge in [0.05, 0.1) is 0 Å². The average Bonchev–Trinajstić information content (AvgIpc) is 2.30. The molecule has 0 spiro atoms. The van der Waals surface area contributed by atoms with Gasteiger partial charge in [0.15, 0.2) is 0 Å². The van der Waals surface area contributed by atoms with E-state index in [-0.39, 0.29) is 0 Å². The van der Waals surface area contributed by atoms with Crippen LogP contribution >= 0.6 is 0 Å². The van der Waals surface area contributed by atoms with E-state index in [2.05, 4.69) is 52.2 Å². The zero-order chi connectivity index (χ0) is 14.8. The SMILES string of the molecule is CCC(C)(C)CCCNCCNCCCC(C)(C)C. The van der Waals surface area contributed by atoms with E-state index in [0.717, 1.165) is 26.2 Å². The largest absolute Gasteiger partial charge is 0.315 e. The second-order valence-corrected chi connectivity index (χ2v) is 7.79. The van der Waals surface area contributed by atoms with Gasteiger partial charge in [-0.2, -0.15) is 0 Å². The van der Waals surface area contributed by atoms with E-state index in [4.69, 9.17) is 0 Å². The predicted octanol–water partition coefficient (Wildman–Crippen LogP) is 4.21. The number of nitrogens with one attached hydrogen (secondary N) is 2. The highest BCUT2D eigenvalue weighted by Crippen LogP contribution is 2.25. The van der Waals surface area contributed by atoms with Crippen molar-refractivity contribution in [1.29, 1.82) is 0 Å². The molecule has 0 amide bonds. The minimum absolute atomic E-state index is 0.478. The first kappa shape index (κ1) is 18.9. The molecule has 0 bridgehead atoms. The quantitative estimate of drug-likeness (QED) is 0.550. The van der Waals surface area contributed by atoms with Crippen LogP contribution in [0.15, 0.2) is 0 Å². The number of hydrogen-bond donors (Lipinski definition) is 2. The van der Waals surface area contributed by atoms with E-state index in [1.54, 1.807) is 0 Å². The van der Waals surface area contributed by atoms with Crippen molar-refractivity contribution < 1.29 is 0 Å². The lowest BCUT2D eigenvalue weighted by Crippen LogP contribution is -2.29. The maximum absolute atomic E-state index is 3.53. The Morgan fingerprint density at radius 2 is 1.16 bits per heavy atom. The van der Waals surface area contributed by atoms with Crippen LogP contribution in [0.4, 0.5) is 0 Å². The molecule has 0 aromatic rings. The van der Waals surface area contributed by atoms with Gasteiger partial charge in [-0.25, -0.2) is 0 Å². The number of rotatable bonds is 11. The van der Waals surface area contributed by atoms with Crippen molar-refractivity contribution in [2.45, 2.75) is 73.6 Å². The summed E-state index contributed by atoms with van der Waals surface area (Å²) in [5.74, 6) is 0. The first-order valence-corrected chi connectivity index (χ1v) is 8.18. The lowest BCUT2D eigenvalue weighted by Gasteiger charge is -2.22. The molecule has 0 aromatic carbocycles. The molecule has 0 rings (SSSR count). The molecule has 0 unspecified atom stereocenters. The molecule has 2 nitrogen and oxygen atoms in total. The van der Waals surface area contributed by atoms with Crippen molar-refractivity contribution in [2.24, 2.45) is 10.8 Å². The molecule has 0 atom stereocenters. The zero-order valence-electron chi connectivity index (χ0n) is 14.4. The van der Waals surface area contributed by atoms with Crippen LogP contribution in [0.2, 0.25) is 0 Å². The molecule has 0 aliphatic heterocycles. The third-order valence-corrected chi connectivity index (χ3v) is 3.92. The minimum atomic E-state index is 0.478. The maximum atomic E-state index is 3.53. The summed E-state index contributed by atoms with van der Waals surface area (Å²) in [4.78, 5) is 0. The van der Waals surface area contributed by atoms with Crippen LogP contribution in [0.1, 0.15) is 73.6 Å². The predicted molar refractivity (Wildman–Crippen MR) is 87.7 cm³/mol. The smallest absolute Gasteiger partial charge is 0.00767 e. The molecular formula is C17H38N2. The van der Waals surface area contributed by atoms with Crippen molar-refractivity contribution in [3.63, 3.8) is 0 Å². The van der Waals surface area contributed by atoms with Crippen molar-refractivity contribution in [3.8, 4) is 0 Å². The fraction of sp³-hybridized carbons (Fsp3) is 1.00. The third kappa shape index (κ3) is 14.1. The minimum Gasteiger partial charge on any atom is -0.315 e. The normalized spacial score (nSPS) is 12.9. The van der Waals surface area contributed by atoms with Crippen LogP contribution in [0.5, 0.6) is 0 Å². The topological polar surface area (TPSA) is 24.1 Å². The molecule has 0 aliphatic rings. The summed E-state index contributed by atoms with van der Waals surface area (Å²) in [7, 11) is 0. The molecule has 2 N–H and O–H groups in total. The molecule has 116 valence electrons. The van der Waals surface area contributed by atoms with Crippen molar-refractivity contribution in [1.82, 2.24) is 10.6 Å². The van der Waals surface area contributed by atoms with Gasteiger partial charge in [-0.05, 0) is 49.6 Å². The summed E-state index contributed by atoms with van der Waals surface area (Å²) in [6, 6.07) is 0. The number of hydrogen-bond acceptors (Lipinski definition) is 2. The summed E-state index contributed by atoms with van der Waals surface area (Å²) in [5, 5.41) is 7.04. The molecule has 0 heterocycles. The summed E-state index contributed by atoms with van der Waals surface area (Å²) >= 11 is 0. The van der Waals surface area contributed by atoms with Crippen LogP contribution in [-0.4, -0.2) is 26.2 Å². The fourth-order valence-corrected chi connectivity index (χ4v) is 2.04. The first-order valence-electron chi connectivity index (χ1n) is 8.18. The zero-order valence-corrected chi connectivity index (χ0v) is 14.4. The summed E-state index contributed by atoms with van der Waals surface area (Å²) in [6.07, 6.45) is 6.50. The van der Waals surface area contributed by atoms with E-state index in [1.807, 2.05) is 0 Å². The van der Waals surface area contributed by atoms with E-state index in [0.29, 0.717) is 10.8 Å². The second kappa shape index (κ2) is 9.77. The van der Waals surface area contributed by atoms with Crippen LogP contribution in [-0.2, 0) is 0 Å². The Labute approximate surface area is 122 Å². The molecule has 19 heavy (non-hydrogen) atoms. The highest BCUT2D eigenvalue weighted by atomic mass is 14.9. The maximum Gasteiger partial charge on any atom is 0.00767 e. The lowest BCUT2D eigenvalue weighted by atomic mass is 9.85. The molecule has 2 heteroatoms. The third-order valence-electron chi connectivity index (χ3n) is 3.92. The fourth-order valence-electron chi connectivity index (χ4n) is 2.04. The van der Waals surface area contributed by atoms with Gasteiger partial charge in [0.2, 0.25) is 0 Å². The molecule has 0 saturated heterocycles. The van der Waals surface area contributed by atoms with E-state index >= 15 is 0 Å². The highest BCUT2D eigenvalue weighted by Gasteiger charge is 2.13. The summed E-state index contributed by atoms with van der Waals surface area (Å²) in [6.45, 7) is 18.5. The van der Waals surface area contributed by atoms with Crippen LogP contribution < -0.4 is 10.6 Å². The Hall–Kier alpha value is -0.0800. The van der Waals surface area contributed by atoms with Crippen molar-refractivity contribution in [2.75, 3.05) is 26.2 Å². The molecule has 0 aromatic heterocycles. The molecule has 0 fully saturated rings. The van der Waals surface area contributed by atoms with Crippen LogP contribution in [0.25, 0.3) is 0 Å². The van der Waals surface area contributed by atoms with E-state index in [9.17, 15) is 0 Å². The molecule has 0 radical (unpaired) electrons. The highest BCUT2D eigenvalue weighted by molar-refractivity contribution is 4.67. The van der Waals surface area contributed by atoms with Crippen molar-refractivity contribution in [3.05, 3.63) is 0 Å². The Morgan fingerprint density at radius 1 is 0.684 bits per heavy atom. The Kier molecular flexibility index (Phi) is 9.72. The Bertz CT molecular complexity index is 204. The van der Waals surface area contributed by atoms with Gasteiger partial charge in [-0.3, -0.25) is 0 Å². The monoisotopic (exact) mass is 270 g/mol. The van der Waals surface area contributed by atoms with E-state index < -0.39 is 0 Å². The molecular weight excluding hydrogens is 232 g/mol. The van der Waals surface area contributed by atoms with Crippen LogP contribution in [0, 0.1) is 10.8 Å². The Balaban J connectivity index is 3.20. The molecule has 0 aliphatic carbocycles. The summed E-state index contributed by atoms with van der Waals surface area (Å²) in [5.41, 5.74) is 0.999. The van der Waals surface area contributed by atoms with Gasteiger partial charge in [0.1, 0.15) is 0 Å². The van der Waals surface area contributed by atoms with Crippen LogP contribution in [0.3, 0.4) is 0 Å². The summed E-state index contributed by atoms with van der Waals surface area (Å²) < 4.78 is 0. The van der Waals surface area contributed by atoms with Gasteiger partial charge < -0.3 is 10.6 Å². The standard InChI is InChI=1S/C17H38N2/c1-7-17(5,6)11-9-13-19-15-14-18-12-8-10-16(2,3)4/h18-19H,7-15H2,1-6H3. The Morgan fingerprint density at radius 3 is 1.58 bits per heavy atom. The van der Waals surface area contributed by atoms with Crippen molar-refractivity contribution >= 4 is 0 Å². The van der Waals surface area contributed by atoms with Gasteiger partial charge in [-0.1, -0.05) is 48.0 Å². The first-order chi connectivity index (χ1) is 8.77. The lowest BCUT2D eigenvalue weighted by molar-refractivity contribution is 0.310. The van der Waals surface area contributed by atoms with E-state index in [1.165, 1.54) is 32.1 Å². The van der Waals surface area contributed by atoms with Gasteiger partial charge in [0.25, 0.3) is 0 Å². The van der Waals surface area contributed by atoms with Gasteiger partial charge >= 0.3 is 0 Å². The average molecular weight is 271 g/mol. The second-order valence-electron chi connectivity index (χ2n) is 7.79. The van der Waals surface area contributed by atoms with Gasteiger partial charge in [0, 0.05) is 13.1 Å².